The first-order chi connectivity index (χ1) is 13.4. The monoisotopic (exact) mass is 433 g/mol. The highest BCUT2D eigenvalue weighted by molar-refractivity contribution is 7.93. The van der Waals surface area contributed by atoms with E-state index >= 15 is 0 Å². The summed E-state index contributed by atoms with van der Waals surface area (Å²) < 4.78 is 25.6. The van der Waals surface area contributed by atoms with Crippen molar-refractivity contribution in [2.75, 3.05) is 21.9 Å². The minimum atomic E-state index is -3.29. The summed E-state index contributed by atoms with van der Waals surface area (Å²) in [5.41, 5.74) is 2.53. The highest BCUT2D eigenvalue weighted by Gasteiger charge is 2.28. The van der Waals surface area contributed by atoms with Crippen LogP contribution in [0.1, 0.15) is 16.8 Å². The second kappa shape index (κ2) is 7.54. The second-order valence-corrected chi connectivity index (χ2v) is 9.60. The smallest absolute Gasteiger partial charge is 0.257 e. The first-order valence-corrected chi connectivity index (χ1v) is 11.4. The first-order valence-electron chi connectivity index (χ1n) is 8.56. The zero-order valence-electron chi connectivity index (χ0n) is 14.6. The average molecular weight is 434 g/mol. The normalized spacial score (nSPS) is 15.5. The maximum atomic E-state index is 12.6. The van der Waals surface area contributed by atoms with Gasteiger partial charge in [-0.3, -0.25) is 14.4 Å². The van der Waals surface area contributed by atoms with Gasteiger partial charge in [-0.15, -0.1) is 11.3 Å². The zero-order chi connectivity index (χ0) is 19.7. The molecule has 0 bridgehead atoms. The topological polar surface area (TPSA) is 79.4 Å². The van der Waals surface area contributed by atoms with Gasteiger partial charge in [-0.2, -0.15) is 0 Å². The number of hydrogen-bond donors (Lipinski definition) is 1. The van der Waals surface area contributed by atoms with E-state index < -0.39 is 10.0 Å². The number of carbonyl (C=O) groups excluding carboxylic acids is 1. The third-order valence-corrected chi connectivity index (χ3v) is 7.24. The fraction of sp³-hybridized carbons (Fsp3) is 0.158. The van der Waals surface area contributed by atoms with E-state index in [9.17, 15) is 13.2 Å². The Morgan fingerprint density at radius 1 is 1.18 bits per heavy atom. The van der Waals surface area contributed by atoms with Gasteiger partial charge in [0.05, 0.1) is 17.1 Å². The van der Waals surface area contributed by atoms with Crippen molar-refractivity contribution in [2.24, 2.45) is 0 Å². The van der Waals surface area contributed by atoms with Crippen molar-refractivity contribution >= 4 is 49.7 Å². The van der Waals surface area contributed by atoms with Crippen LogP contribution >= 0.6 is 22.9 Å². The van der Waals surface area contributed by atoms with Crippen LogP contribution in [-0.4, -0.2) is 31.6 Å². The summed E-state index contributed by atoms with van der Waals surface area (Å²) >= 11 is 7.22. The highest BCUT2D eigenvalue weighted by atomic mass is 35.5. The van der Waals surface area contributed by atoms with Gasteiger partial charge in [-0.05, 0) is 36.8 Å². The van der Waals surface area contributed by atoms with E-state index in [2.05, 4.69) is 10.3 Å². The Labute approximate surface area is 171 Å². The predicted octanol–water partition coefficient (Wildman–Crippen LogP) is 4.26. The number of nitrogens with one attached hydrogen (secondary N) is 1. The van der Waals surface area contributed by atoms with Gasteiger partial charge >= 0.3 is 0 Å². The van der Waals surface area contributed by atoms with Gasteiger partial charge in [-0.1, -0.05) is 29.8 Å². The van der Waals surface area contributed by atoms with Crippen LogP contribution in [0, 0.1) is 0 Å². The standard InChI is InChI=1S/C19H16ClN3O3S2/c20-15-7-5-13(6-8-15)17-12-27-19(21-17)22-18(24)14-3-1-4-16(11-14)23-9-2-10-28(23,25)26/h1,3-8,11-12H,2,9-10H2,(H,21,22,24). The van der Waals surface area contributed by atoms with Crippen LogP contribution in [0.3, 0.4) is 0 Å². The van der Waals surface area contributed by atoms with Gasteiger partial charge in [0, 0.05) is 28.1 Å². The lowest BCUT2D eigenvalue weighted by molar-refractivity contribution is 0.102. The molecule has 0 unspecified atom stereocenters. The van der Waals surface area contributed by atoms with Gasteiger partial charge in [0.1, 0.15) is 0 Å². The summed E-state index contributed by atoms with van der Waals surface area (Å²) in [6, 6.07) is 13.9. The highest BCUT2D eigenvalue weighted by Crippen LogP contribution is 2.28. The molecule has 0 saturated carbocycles. The molecule has 0 spiro atoms. The molecule has 2 aromatic carbocycles. The molecular formula is C19H16ClN3O3S2. The van der Waals surface area contributed by atoms with Crippen molar-refractivity contribution in [1.82, 2.24) is 4.98 Å². The van der Waals surface area contributed by atoms with E-state index in [1.807, 2.05) is 17.5 Å². The number of thiazole rings is 1. The molecule has 1 N–H and O–H groups in total. The quantitative estimate of drug-likeness (QED) is 0.666. The summed E-state index contributed by atoms with van der Waals surface area (Å²) in [4.78, 5) is 17.0. The second-order valence-electron chi connectivity index (χ2n) is 6.29. The molecule has 0 radical (unpaired) electrons. The minimum Gasteiger partial charge on any atom is -0.298 e. The Morgan fingerprint density at radius 2 is 1.96 bits per heavy atom. The fourth-order valence-electron chi connectivity index (χ4n) is 2.99. The van der Waals surface area contributed by atoms with Crippen molar-refractivity contribution in [1.29, 1.82) is 0 Å². The number of carbonyl (C=O) groups is 1. The number of aromatic nitrogens is 1. The van der Waals surface area contributed by atoms with Gasteiger partial charge < -0.3 is 0 Å². The number of anilines is 2. The van der Waals surface area contributed by atoms with Crippen LogP contribution in [0.25, 0.3) is 11.3 Å². The molecule has 1 aromatic heterocycles. The van der Waals surface area contributed by atoms with Crippen LogP contribution < -0.4 is 9.62 Å². The maximum Gasteiger partial charge on any atom is 0.257 e. The van der Waals surface area contributed by atoms with Gasteiger partial charge in [0.25, 0.3) is 5.91 Å². The zero-order valence-corrected chi connectivity index (χ0v) is 17.0. The first kappa shape index (κ1) is 18.9. The molecule has 28 heavy (non-hydrogen) atoms. The molecule has 3 aromatic rings. The molecule has 0 aliphatic carbocycles. The number of hydrogen-bond acceptors (Lipinski definition) is 5. The fourth-order valence-corrected chi connectivity index (χ4v) is 5.38. The molecule has 1 aliphatic rings. The van der Waals surface area contributed by atoms with Crippen LogP contribution in [0.4, 0.5) is 10.8 Å². The number of amides is 1. The summed E-state index contributed by atoms with van der Waals surface area (Å²) in [6.45, 7) is 0.435. The third-order valence-electron chi connectivity index (χ3n) is 4.36. The Hall–Kier alpha value is -2.42. The Bertz CT molecular complexity index is 1130. The molecule has 9 heteroatoms. The summed E-state index contributed by atoms with van der Waals surface area (Å²) in [6.07, 6.45) is 0.589. The molecule has 1 aliphatic heterocycles. The lowest BCUT2D eigenvalue weighted by Gasteiger charge is -2.17. The number of halogens is 1. The predicted molar refractivity (Wildman–Crippen MR) is 113 cm³/mol. The lowest BCUT2D eigenvalue weighted by Crippen LogP contribution is -2.25. The van der Waals surface area contributed by atoms with Crippen LogP contribution in [0.15, 0.2) is 53.9 Å². The van der Waals surface area contributed by atoms with E-state index in [0.717, 1.165) is 11.3 Å². The van der Waals surface area contributed by atoms with Crippen molar-refractivity contribution in [2.45, 2.75) is 6.42 Å². The summed E-state index contributed by atoms with van der Waals surface area (Å²) in [5, 5.41) is 5.74. The van der Waals surface area contributed by atoms with E-state index in [1.54, 1.807) is 36.4 Å². The van der Waals surface area contributed by atoms with E-state index in [1.165, 1.54) is 15.6 Å². The minimum absolute atomic E-state index is 0.135. The van der Waals surface area contributed by atoms with E-state index in [4.69, 9.17) is 11.6 Å². The number of benzene rings is 2. The van der Waals surface area contributed by atoms with Crippen LogP contribution in [-0.2, 0) is 10.0 Å². The summed E-state index contributed by atoms with van der Waals surface area (Å²) in [5.74, 6) is -0.203. The maximum absolute atomic E-state index is 12.6. The molecule has 1 amide bonds. The molecule has 1 saturated heterocycles. The van der Waals surface area contributed by atoms with Crippen molar-refractivity contribution in [3.63, 3.8) is 0 Å². The molecule has 144 valence electrons. The van der Waals surface area contributed by atoms with E-state index in [0.29, 0.717) is 34.4 Å². The largest absolute Gasteiger partial charge is 0.298 e. The van der Waals surface area contributed by atoms with Crippen LogP contribution in [0.2, 0.25) is 5.02 Å². The average Bonchev–Trinajstić information content (AvgIpc) is 3.28. The Kier molecular flexibility index (Phi) is 5.09. The van der Waals surface area contributed by atoms with Crippen molar-refractivity contribution < 1.29 is 13.2 Å². The number of nitrogens with zero attached hydrogens (tertiary/aromatic N) is 2. The van der Waals surface area contributed by atoms with E-state index in [-0.39, 0.29) is 11.7 Å². The van der Waals surface area contributed by atoms with Gasteiger partial charge in [0.15, 0.2) is 5.13 Å². The van der Waals surface area contributed by atoms with Crippen molar-refractivity contribution in [3.05, 3.63) is 64.5 Å². The van der Waals surface area contributed by atoms with Gasteiger partial charge in [0.2, 0.25) is 10.0 Å². The van der Waals surface area contributed by atoms with Crippen molar-refractivity contribution in [3.8, 4) is 11.3 Å². The summed E-state index contributed by atoms with van der Waals surface area (Å²) in [7, 11) is -3.29. The Morgan fingerprint density at radius 3 is 2.68 bits per heavy atom. The molecule has 0 atom stereocenters. The van der Waals surface area contributed by atoms with Gasteiger partial charge in [-0.25, -0.2) is 13.4 Å². The molecule has 6 nitrogen and oxygen atoms in total. The SMILES string of the molecule is O=C(Nc1nc(-c2ccc(Cl)cc2)cs1)c1cccc(N2CCCS2(=O)=O)c1. The Balaban J connectivity index is 1.52. The molecular weight excluding hydrogens is 418 g/mol. The molecule has 4 rings (SSSR count). The molecule has 1 fully saturated rings. The molecule has 2 heterocycles. The number of rotatable bonds is 4. The number of sulfonamides is 1. The van der Waals surface area contributed by atoms with Crippen LogP contribution in [0.5, 0.6) is 0 Å². The lowest BCUT2D eigenvalue weighted by atomic mass is 10.2. The third kappa shape index (κ3) is 3.89.